The number of anilines is 3. The van der Waals surface area contributed by atoms with Gasteiger partial charge in [-0.15, -0.1) is 4.91 Å². The van der Waals surface area contributed by atoms with Gasteiger partial charge in [0.25, 0.3) is 0 Å². The van der Waals surface area contributed by atoms with E-state index in [1.165, 1.54) is 18.2 Å². The molecular formula is C21H26N8O3. The Bertz CT molecular complexity index is 1120. The number of phenolic OH excluding ortho intramolecular Hbond substituents is 2. The van der Waals surface area contributed by atoms with Crippen LogP contribution in [0.5, 0.6) is 11.5 Å². The summed E-state index contributed by atoms with van der Waals surface area (Å²) in [4.78, 5) is 28.2. The summed E-state index contributed by atoms with van der Waals surface area (Å²) < 4.78 is 0. The molecule has 11 nitrogen and oxygen atoms in total. The highest BCUT2D eigenvalue weighted by Gasteiger charge is 2.24. The van der Waals surface area contributed by atoms with Gasteiger partial charge in [-0.25, -0.2) is 15.0 Å². The molecule has 3 heterocycles. The number of fused-ring (bicyclic) bond motifs is 1. The molecule has 0 bridgehead atoms. The maximum Gasteiger partial charge on any atom is 0.167 e. The topological polar surface area (TPSA) is 144 Å². The highest BCUT2D eigenvalue weighted by atomic mass is 16.3. The molecule has 32 heavy (non-hydrogen) atoms. The largest absolute Gasteiger partial charge is 0.505 e. The third-order valence-corrected chi connectivity index (χ3v) is 5.74. The molecule has 0 unspecified atom stereocenters. The first-order valence-corrected chi connectivity index (χ1v) is 10.4. The first kappa shape index (κ1) is 21.5. The van der Waals surface area contributed by atoms with Gasteiger partial charge in [-0.3, -0.25) is 9.88 Å². The van der Waals surface area contributed by atoms with E-state index in [9.17, 15) is 15.1 Å². The van der Waals surface area contributed by atoms with Crippen molar-refractivity contribution in [2.75, 3.05) is 54.9 Å². The van der Waals surface area contributed by atoms with Crippen molar-refractivity contribution in [3.05, 3.63) is 41.5 Å². The van der Waals surface area contributed by atoms with Crippen LogP contribution >= 0.6 is 0 Å². The maximum absolute atomic E-state index is 11.5. The zero-order chi connectivity index (χ0) is 22.7. The number of nitrogens with zero attached hydrogens (tertiary/aromatic N) is 7. The average Bonchev–Trinajstić information content (AvgIpc) is 2.82. The lowest BCUT2D eigenvalue weighted by atomic mass is 10.1. The van der Waals surface area contributed by atoms with E-state index in [4.69, 9.17) is 5.73 Å². The summed E-state index contributed by atoms with van der Waals surface area (Å²) in [7, 11) is 0. The van der Waals surface area contributed by atoms with Gasteiger partial charge in [0.1, 0.15) is 23.2 Å². The maximum atomic E-state index is 11.5. The molecule has 1 aromatic carbocycles. The number of hydrogen-bond acceptors (Lipinski definition) is 10. The highest BCUT2D eigenvalue weighted by molar-refractivity contribution is 6.01. The van der Waals surface area contributed by atoms with Crippen LogP contribution in [0.3, 0.4) is 0 Å². The van der Waals surface area contributed by atoms with Gasteiger partial charge in [0.05, 0.1) is 10.7 Å². The normalized spacial score (nSPS) is 14.6. The molecule has 1 fully saturated rings. The van der Waals surface area contributed by atoms with Crippen LogP contribution in [-0.2, 0) is 0 Å². The lowest BCUT2D eigenvalue weighted by Crippen LogP contribution is -2.47. The highest BCUT2D eigenvalue weighted by Crippen LogP contribution is 2.46. The second-order valence-electron chi connectivity index (χ2n) is 7.79. The molecule has 0 aliphatic carbocycles. The van der Waals surface area contributed by atoms with E-state index in [0.717, 1.165) is 43.4 Å². The Morgan fingerprint density at radius 3 is 2.69 bits per heavy atom. The van der Waals surface area contributed by atoms with Gasteiger partial charge in [0, 0.05) is 63.0 Å². The number of nitrogens with two attached hydrogens (primary N) is 1. The summed E-state index contributed by atoms with van der Waals surface area (Å²) in [6.45, 7) is 6.60. The summed E-state index contributed by atoms with van der Waals surface area (Å²) in [5, 5.41) is 25.3. The molecule has 0 atom stereocenters. The van der Waals surface area contributed by atoms with E-state index in [2.05, 4.69) is 36.1 Å². The van der Waals surface area contributed by atoms with E-state index < -0.39 is 0 Å². The molecule has 0 amide bonds. The number of pyridine rings is 1. The number of aromatic nitrogens is 3. The van der Waals surface area contributed by atoms with Gasteiger partial charge in [0.2, 0.25) is 0 Å². The van der Waals surface area contributed by atoms with E-state index in [1.54, 1.807) is 0 Å². The zero-order valence-electron chi connectivity index (χ0n) is 17.8. The molecule has 3 aromatic rings. The van der Waals surface area contributed by atoms with Crippen LogP contribution in [0.2, 0.25) is 0 Å². The van der Waals surface area contributed by atoms with Crippen LogP contribution in [0, 0.1) is 11.8 Å². The Balaban J connectivity index is 1.37. The van der Waals surface area contributed by atoms with Crippen LogP contribution < -0.4 is 15.6 Å². The predicted octanol–water partition coefficient (Wildman–Crippen LogP) is 2.03. The summed E-state index contributed by atoms with van der Waals surface area (Å²) in [5.74, 6) is -0.594. The van der Waals surface area contributed by atoms with Crippen LogP contribution in [-0.4, -0.2) is 69.3 Å². The molecule has 0 saturated carbocycles. The van der Waals surface area contributed by atoms with E-state index in [0.29, 0.717) is 6.42 Å². The van der Waals surface area contributed by atoms with Gasteiger partial charge in [-0.1, -0.05) is 0 Å². The number of phenols is 2. The quantitative estimate of drug-likeness (QED) is 0.165. The minimum atomic E-state index is -0.314. The number of rotatable bonds is 7. The van der Waals surface area contributed by atoms with Gasteiger partial charge in [0.15, 0.2) is 11.5 Å². The van der Waals surface area contributed by atoms with E-state index >= 15 is 0 Å². The fourth-order valence-corrected chi connectivity index (χ4v) is 4.04. The third kappa shape index (κ3) is 4.19. The van der Waals surface area contributed by atoms with Crippen LogP contribution in [0.1, 0.15) is 12.1 Å². The van der Waals surface area contributed by atoms with Crippen molar-refractivity contribution < 1.29 is 10.2 Å². The molecular weight excluding hydrogens is 412 g/mol. The molecule has 1 aliphatic rings. The molecule has 2 aromatic heterocycles. The Morgan fingerprint density at radius 1 is 1.19 bits per heavy atom. The summed E-state index contributed by atoms with van der Waals surface area (Å²) >= 11 is 0. The van der Waals surface area contributed by atoms with Crippen molar-refractivity contribution in [1.29, 1.82) is 0 Å². The molecule has 168 valence electrons. The van der Waals surface area contributed by atoms with Crippen LogP contribution in [0.25, 0.3) is 10.9 Å². The lowest BCUT2D eigenvalue weighted by Gasteiger charge is -2.36. The van der Waals surface area contributed by atoms with Crippen molar-refractivity contribution in [2.24, 2.45) is 5.29 Å². The monoisotopic (exact) mass is 438 g/mol. The smallest absolute Gasteiger partial charge is 0.167 e. The number of aromatic hydroxyl groups is 2. The number of piperazine rings is 1. The standard InChI is InChI=1S/C21H26N8O3/c1-14-11-15(3-4-24-14)28-9-7-27(8-10-28)5-2-6-29(26-32)19-17(22)21(31)18-16(20(19)30)12-23-13-25-18/h3-4,11-13,30-31H,2,5-10,22H2,1H3. The fourth-order valence-electron chi connectivity index (χ4n) is 4.04. The van der Waals surface area contributed by atoms with Crippen LogP contribution in [0.4, 0.5) is 17.1 Å². The first-order valence-electron chi connectivity index (χ1n) is 10.4. The fraction of sp³-hybridized carbons (Fsp3) is 0.381. The second kappa shape index (κ2) is 9.18. The molecule has 1 aliphatic heterocycles. The number of hydrogen-bond donors (Lipinski definition) is 3. The minimum absolute atomic E-state index is 0.0299. The lowest BCUT2D eigenvalue weighted by molar-refractivity contribution is 0.255. The van der Waals surface area contributed by atoms with Gasteiger partial charge < -0.3 is 20.8 Å². The Labute approximate surface area is 185 Å². The van der Waals surface area contributed by atoms with Crippen molar-refractivity contribution in [1.82, 2.24) is 19.9 Å². The van der Waals surface area contributed by atoms with Crippen LogP contribution in [0.15, 0.2) is 36.1 Å². The molecule has 4 N–H and O–H groups in total. The van der Waals surface area contributed by atoms with E-state index in [1.807, 2.05) is 19.2 Å². The van der Waals surface area contributed by atoms with E-state index in [-0.39, 0.29) is 40.3 Å². The second-order valence-corrected chi connectivity index (χ2v) is 7.79. The Morgan fingerprint density at radius 2 is 1.97 bits per heavy atom. The Hall–Kier alpha value is -3.73. The summed E-state index contributed by atoms with van der Waals surface area (Å²) in [5.41, 5.74) is 8.11. The summed E-state index contributed by atoms with van der Waals surface area (Å²) in [6, 6.07) is 4.11. The van der Waals surface area contributed by atoms with Crippen molar-refractivity contribution in [3.8, 4) is 11.5 Å². The molecule has 11 heteroatoms. The minimum Gasteiger partial charge on any atom is -0.505 e. The van der Waals surface area contributed by atoms with Crippen molar-refractivity contribution in [2.45, 2.75) is 13.3 Å². The first-order chi connectivity index (χ1) is 15.5. The predicted molar refractivity (Wildman–Crippen MR) is 123 cm³/mol. The molecule has 4 rings (SSSR count). The zero-order valence-corrected chi connectivity index (χ0v) is 17.8. The van der Waals surface area contributed by atoms with Crippen molar-refractivity contribution >= 4 is 28.0 Å². The van der Waals surface area contributed by atoms with Gasteiger partial charge in [-0.2, -0.15) is 0 Å². The molecule has 0 spiro atoms. The average molecular weight is 438 g/mol. The molecule has 0 radical (unpaired) electrons. The van der Waals surface area contributed by atoms with Gasteiger partial charge >= 0.3 is 0 Å². The number of aryl methyl sites for hydroxylation is 1. The number of nitroso groups, excluding NO2 is 1. The van der Waals surface area contributed by atoms with Gasteiger partial charge in [-0.05, 0) is 25.5 Å². The SMILES string of the molecule is Cc1cc(N2CCN(CCCN(N=O)c3c(N)c(O)c4ncncc4c3O)CC2)ccn1. The van der Waals surface area contributed by atoms with Crippen molar-refractivity contribution in [3.63, 3.8) is 0 Å². The Kier molecular flexibility index (Phi) is 6.17. The summed E-state index contributed by atoms with van der Waals surface area (Å²) in [6.07, 6.45) is 5.05. The number of nitrogen functional groups attached to an aromatic ring is 1. The third-order valence-electron chi connectivity index (χ3n) is 5.74. The molecule has 1 saturated heterocycles. The number of benzene rings is 1.